The van der Waals surface area contributed by atoms with E-state index >= 15 is 0 Å². The van der Waals surface area contributed by atoms with Gasteiger partial charge in [-0.25, -0.2) is 0 Å². The highest BCUT2D eigenvalue weighted by molar-refractivity contribution is 5.76. The number of rotatable bonds is 8. The van der Waals surface area contributed by atoms with Crippen LogP contribution in [0.1, 0.15) is 80.6 Å². The highest BCUT2D eigenvalue weighted by Crippen LogP contribution is 2.46. The molecule has 0 amide bonds. The van der Waals surface area contributed by atoms with Crippen LogP contribution in [0.2, 0.25) is 0 Å². The second kappa shape index (κ2) is 7.40. The fourth-order valence-corrected chi connectivity index (χ4v) is 3.82. The summed E-state index contributed by atoms with van der Waals surface area (Å²) in [5, 5.41) is 10.7. The predicted octanol–water partition coefficient (Wildman–Crippen LogP) is 3.86. The van der Waals surface area contributed by atoms with Crippen LogP contribution in [0.5, 0.6) is 0 Å². The number of aliphatic hydroxyl groups excluding tert-OH is 1. The van der Waals surface area contributed by atoms with Gasteiger partial charge in [0.15, 0.2) is 0 Å². The van der Waals surface area contributed by atoms with Gasteiger partial charge in [0.25, 0.3) is 0 Å². The Morgan fingerprint density at radius 1 is 1.23 bits per heavy atom. The van der Waals surface area contributed by atoms with Crippen molar-refractivity contribution in [2.24, 2.45) is 11.3 Å². The number of hydrogen-bond donors (Lipinski definition) is 1. The molecule has 0 aromatic heterocycles. The van der Waals surface area contributed by atoms with Gasteiger partial charge >= 0.3 is 5.97 Å². The third kappa shape index (κ3) is 4.99. The third-order valence-electron chi connectivity index (χ3n) is 6.43. The smallest absolute Gasteiger partial charge is 0.312 e. The molecular weight excluding hydrogens is 332 g/mol. The van der Waals surface area contributed by atoms with Crippen LogP contribution in [0.15, 0.2) is 0 Å². The maximum absolute atomic E-state index is 12.9. The van der Waals surface area contributed by atoms with Crippen LogP contribution in [0, 0.1) is 11.3 Å². The number of carbonyl (C=O) groups excluding carboxylic acids is 1. The summed E-state index contributed by atoms with van der Waals surface area (Å²) >= 11 is 0. The average Bonchev–Trinajstić information content (AvgIpc) is 3.27. The van der Waals surface area contributed by atoms with E-state index in [1.807, 2.05) is 41.5 Å². The van der Waals surface area contributed by atoms with Gasteiger partial charge < -0.3 is 19.3 Å². The van der Waals surface area contributed by atoms with Crippen molar-refractivity contribution in [3.63, 3.8) is 0 Å². The van der Waals surface area contributed by atoms with Crippen LogP contribution in [0.3, 0.4) is 0 Å². The van der Waals surface area contributed by atoms with Gasteiger partial charge in [0.05, 0.1) is 29.3 Å². The number of carbonyl (C=O) groups is 1. The number of aliphatic hydroxyl groups is 1. The first-order valence-corrected chi connectivity index (χ1v) is 10.0. The Morgan fingerprint density at radius 3 is 2.35 bits per heavy atom. The van der Waals surface area contributed by atoms with E-state index in [0.717, 1.165) is 19.4 Å². The van der Waals surface area contributed by atoms with E-state index < -0.39 is 17.1 Å². The molecule has 0 aromatic carbocycles. The minimum atomic E-state index is -0.814. The summed E-state index contributed by atoms with van der Waals surface area (Å²) in [6.07, 6.45) is 3.01. The van der Waals surface area contributed by atoms with Gasteiger partial charge in [-0.15, -0.1) is 0 Å². The van der Waals surface area contributed by atoms with Gasteiger partial charge in [-0.1, -0.05) is 0 Å². The molecule has 0 radical (unpaired) electrons. The lowest BCUT2D eigenvalue weighted by Crippen LogP contribution is -2.51. The van der Waals surface area contributed by atoms with Crippen molar-refractivity contribution in [3.05, 3.63) is 0 Å². The van der Waals surface area contributed by atoms with Crippen LogP contribution in [-0.2, 0) is 19.0 Å². The molecule has 2 fully saturated rings. The molecule has 1 saturated carbocycles. The molecule has 0 bridgehead atoms. The molecule has 4 unspecified atom stereocenters. The second-order valence-electron chi connectivity index (χ2n) is 9.87. The van der Waals surface area contributed by atoms with Gasteiger partial charge in [-0.3, -0.25) is 4.79 Å². The van der Waals surface area contributed by atoms with E-state index in [-0.39, 0.29) is 17.2 Å². The van der Waals surface area contributed by atoms with E-state index in [9.17, 15) is 9.90 Å². The first kappa shape index (κ1) is 21.6. The second-order valence-corrected chi connectivity index (χ2v) is 9.87. The van der Waals surface area contributed by atoms with Gasteiger partial charge in [-0.05, 0) is 86.5 Å². The van der Waals surface area contributed by atoms with Crippen LogP contribution < -0.4 is 0 Å². The van der Waals surface area contributed by atoms with Gasteiger partial charge in [0.2, 0.25) is 0 Å². The van der Waals surface area contributed by atoms with Crippen molar-refractivity contribution in [2.45, 2.75) is 103 Å². The molecule has 0 aromatic rings. The normalized spacial score (nSPS) is 35.2. The average molecular weight is 371 g/mol. The van der Waals surface area contributed by atoms with Crippen molar-refractivity contribution in [1.29, 1.82) is 0 Å². The standard InChI is InChI=1S/C21H38O5/c1-8-24-19(4,5)12-11-18(2,3)17(23)26-20(6)10-9-15(13-16(20)22)21(7)14-25-21/h15-16,22H,8-14H2,1-7H3. The number of hydrogen-bond acceptors (Lipinski definition) is 5. The minimum absolute atomic E-state index is 0.0869. The summed E-state index contributed by atoms with van der Waals surface area (Å²) in [6, 6.07) is 0. The lowest BCUT2D eigenvalue weighted by atomic mass is 9.72. The number of esters is 1. The highest BCUT2D eigenvalue weighted by Gasteiger charge is 2.53. The molecule has 26 heavy (non-hydrogen) atoms. The molecule has 1 saturated heterocycles. The van der Waals surface area contributed by atoms with Crippen molar-refractivity contribution in [3.8, 4) is 0 Å². The van der Waals surface area contributed by atoms with Gasteiger partial charge in [0, 0.05) is 6.61 Å². The highest BCUT2D eigenvalue weighted by atomic mass is 16.6. The molecule has 2 rings (SSSR count). The van der Waals surface area contributed by atoms with E-state index in [2.05, 4.69) is 6.92 Å². The zero-order valence-corrected chi connectivity index (χ0v) is 17.7. The zero-order chi connectivity index (χ0) is 19.8. The lowest BCUT2D eigenvalue weighted by molar-refractivity contribution is -0.190. The van der Waals surface area contributed by atoms with E-state index in [0.29, 0.717) is 31.8 Å². The van der Waals surface area contributed by atoms with E-state index in [4.69, 9.17) is 14.2 Å². The fraction of sp³-hybridized carbons (Fsp3) is 0.952. The Morgan fingerprint density at radius 2 is 1.85 bits per heavy atom. The Balaban J connectivity index is 1.92. The molecule has 4 atom stereocenters. The van der Waals surface area contributed by atoms with Crippen LogP contribution >= 0.6 is 0 Å². The van der Waals surface area contributed by atoms with Crippen molar-refractivity contribution in [1.82, 2.24) is 0 Å². The molecular formula is C21H38O5. The van der Waals surface area contributed by atoms with Crippen molar-refractivity contribution < 1.29 is 24.1 Å². The summed E-state index contributed by atoms with van der Waals surface area (Å²) in [6.45, 7) is 15.3. The molecule has 5 heteroatoms. The van der Waals surface area contributed by atoms with Gasteiger partial charge in [0.1, 0.15) is 5.60 Å². The first-order valence-electron chi connectivity index (χ1n) is 10.0. The van der Waals surface area contributed by atoms with Crippen LogP contribution in [0.4, 0.5) is 0 Å². The van der Waals surface area contributed by atoms with Crippen LogP contribution in [0.25, 0.3) is 0 Å². The Bertz CT molecular complexity index is 509. The Hall–Kier alpha value is -0.650. The maximum atomic E-state index is 12.9. The Labute approximate surface area is 158 Å². The van der Waals surface area contributed by atoms with E-state index in [1.165, 1.54) is 0 Å². The lowest BCUT2D eigenvalue weighted by Gasteiger charge is -2.43. The molecule has 5 nitrogen and oxygen atoms in total. The number of ether oxygens (including phenoxy) is 3. The van der Waals surface area contributed by atoms with Crippen molar-refractivity contribution >= 4 is 5.97 Å². The first-order chi connectivity index (χ1) is 11.8. The summed E-state index contributed by atoms with van der Waals surface area (Å²) in [7, 11) is 0. The monoisotopic (exact) mass is 370 g/mol. The molecule has 1 aliphatic heterocycles. The summed E-state index contributed by atoms with van der Waals surface area (Å²) < 4.78 is 17.2. The molecule has 0 spiro atoms. The Kier molecular flexibility index (Phi) is 6.16. The van der Waals surface area contributed by atoms with Crippen LogP contribution in [-0.4, -0.2) is 47.2 Å². The summed E-state index contributed by atoms with van der Waals surface area (Å²) in [5.41, 5.74) is -1.77. The zero-order valence-electron chi connectivity index (χ0n) is 17.7. The fourth-order valence-electron chi connectivity index (χ4n) is 3.82. The maximum Gasteiger partial charge on any atom is 0.312 e. The summed E-state index contributed by atoms with van der Waals surface area (Å²) in [4.78, 5) is 12.9. The predicted molar refractivity (Wildman–Crippen MR) is 101 cm³/mol. The molecule has 1 N–H and O–H groups in total. The molecule has 152 valence electrons. The third-order valence-corrected chi connectivity index (χ3v) is 6.43. The summed E-state index contributed by atoms with van der Waals surface area (Å²) in [5.74, 6) is 0.1000. The molecule has 1 aliphatic carbocycles. The SMILES string of the molecule is CCOC(C)(C)CCC(C)(C)C(=O)OC1(C)CCC(C2(C)CO2)CC1O. The quantitative estimate of drug-likeness (QED) is 0.519. The topological polar surface area (TPSA) is 68.3 Å². The largest absolute Gasteiger partial charge is 0.456 e. The van der Waals surface area contributed by atoms with Gasteiger partial charge in [-0.2, -0.15) is 0 Å². The molecule has 2 aliphatic rings. The number of epoxide rings is 1. The van der Waals surface area contributed by atoms with Crippen molar-refractivity contribution in [2.75, 3.05) is 13.2 Å². The molecule has 1 heterocycles. The van der Waals surface area contributed by atoms with E-state index in [1.54, 1.807) is 0 Å². The minimum Gasteiger partial charge on any atom is -0.456 e.